The lowest BCUT2D eigenvalue weighted by molar-refractivity contribution is -0.348. The van der Waals surface area contributed by atoms with E-state index in [0.29, 0.717) is 0 Å². The molecule has 25 heteroatoms. The fraction of sp³-hybridized carbons (Fsp3) is 0.947. The Kier molecular flexibility index (Phi) is 12.4. The van der Waals surface area contributed by atoms with Crippen molar-refractivity contribution in [3.8, 4) is 0 Å². The maximum Gasteiger partial charge on any atom is 0.397 e. The van der Waals surface area contributed by atoms with Crippen molar-refractivity contribution in [1.29, 1.82) is 0 Å². The maximum absolute atomic E-state index is 12.0. The van der Waals surface area contributed by atoms with Crippen molar-refractivity contribution >= 4 is 26.7 Å². The van der Waals surface area contributed by atoms with Gasteiger partial charge in [-0.1, -0.05) is 0 Å². The fourth-order valence-electron chi connectivity index (χ4n) is 4.65. The molecule has 0 aliphatic carbocycles. The molecular weight excluding hydrogens is 658 g/mol. The van der Waals surface area contributed by atoms with Crippen molar-refractivity contribution in [3.05, 3.63) is 0 Å². The van der Waals surface area contributed by atoms with Crippen molar-refractivity contribution in [2.45, 2.75) is 92.1 Å². The molecule has 3 aliphatic heterocycles. The van der Waals surface area contributed by atoms with Gasteiger partial charge in [-0.2, -0.15) is 21.6 Å². The molecule has 0 saturated carbocycles. The third-order valence-corrected chi connectivity index (χ3v) is 7.81. The molecule has 0 aromatic carbocycles. The molecule has 15 atom stereocenters. The lowest BCUT2D eigenvalue weighted by Crippen LogP contribution is -2.68. The van der Waals surface area contributed by atoms with Crippen molar-refractivity contribution in [1.82, 2.24) is 4.72 Å². The van der Waals surface area contributed by atoms with E-state index in [-0.39, 0.29) is 0 Å². The summed E-state index contributed by atoms with van der Waals surface area (Å²) in [6.07, 6.45) is -27.6. The van der Waals surface area contributed by atoms with Crippen molar-refractivity contribution < 1.29 is 104 Å². The van der Waals surface area contributed by atoms with E-state index in [2.05, 4.69) is 4.18 Å². The highest BCUT2D eigenvalue weighted by molar-refractivity contribution is 7.83. The molecule has 44 heavy (non-hydrogen) atoms. The molecule has 11 N–H and O–H groups in total. The fourth-order valence-corrected chi connectivity index (χ4v) is 5.55. The van der Waals surface area contributed by atoms with Crippen LogP contribution in [0.25, 0.3) is 0 Å². The Morgan fingerprint density at radius 1 is 0.750 bits per heavy atom. The molecule has 0 spiro atoms. The van der Waals surface area contributed by atoms with Gasteiger partial charge in [-0.3, -0.25) is 9.11 Å². The van der Waals surface area contributed by atoms with Gasteiger partial charge in [0.15, 0.2) is 25.0 Å². The third-order valence-electron chi connectivity index (χ3n) is 6.80. The number of carbonyl (C=O) groups is 1. The second-order valence-corrected chi connectivity index (χ2v) is 12.1. The normalized spacial score (nSPS) is 43.9. The Balaban J connectivity index is 1.82. The maximum atomic E-state index is 12.0. The summed E-state index contributed by atoms with van der Waals surface area (Å²) in [6.45, 7) is -1.88. The SMILES string of the molecule is CO[C@H]1[C@H](O)[C@@H](NS(=O)(=O)O)[C@@H](O[C@H]2[C@H](O)[C@@H](O)[C@H](OC[C@H]3OC(O)[C@H](O)[C@@H](O)[C@@H]3O)O[C@@H]2C(=O)O)O[C@@H]1COS(=O)(=O)O. The molecule has 0 amide bonds. The second-order valence-electron chi connectivity index (χ2n) is 9.78. The number of carboxylic acid groups (broad SMARTS) is 1. The molecule has 0 radical (unpaired) electrons. The van der Waals surface area contributed by atoms with E-state index in [0.717, 1.165) is 7.11 Å². The molecule has 0 aromatic heterocycles. The van der Waals surface area contributed by atoms with Crippen molar-refractivity contribution in [2.75, 3.05) is 20.3 Å². The largest absolute Gasteiger partial charge is 0.479 e. The monoisotopic (exact) mass is 691 g/mol. The quantitative estimate of drug-likeness (QED) is 0.0846. The Labute approximate surface area is 248 Å². The lowest BCUT2D eigenvalue weighted by Gasteiger charge is -2.47. The number of ether oxygens (including phenoxy) is 6. The third kappa shape index (κ3) is 8.94. The van der Waals surface area contributed by atoms with Gasteiger partial charge in [0.25, 0.3) is 0 Å². The molecule has 0 bridgehead atoms. The van der Waals surface area contributed by atoms with Gasteiger partial charge >= 0.3 is 26.7 Å². The number of methoxy groups -OCH3 is 1. The second kappa shape index (κ2) is 14.6. The molecule has 3 heterocycles. The van der Waals surface area contributed by atoms with E-state index in [1.54, 1.807) is 4.72 Å². The van der Waals surface area contributed by atoms with Crippen LogP contribution in [0.3, 0.4) is 0 Å². The number of hydrogen-bond acceptors (Lipinski definition) is 19. The van der Waals surface area contributed by atoms with Crippen LogP contribution in [0.5, 0.6) is 0 Å². The van der Waals surface area contributed by atoms with E-state index in [1.165, 1.54) is 0 Å². The van der Waals surface area contributed by atoms with Crippen LogP contribution in [0.15, 0.2) is 0 Å². The van der Waals surface area contributed by atoms with E-state index >= 15 is 0 Å². The highest BCUT2D eigenvalue weighted by Crippen LogP contribution is 2.31. The lowest BCUT2D eigenvalue weighted by atomic mass is 9.95. The molecule has 23 nitrogen and oxygen atoms in total. The minimum absolute atomic E-state index is 0.805. The number of aliphatic carboxylic acids is 1. The van der Waals surface area contributed by atoms with Gasteiger partial charge in [-0.25, -0.2) is 8.98 Å². The van der Waals surface area contributed by atoms with Crippen LogP contribution in [-0.2, 0) is 58.1 Å². The van der Waals surface area contributed by atoms with Crippen LogP contribution in [0.1, 0.15) is 0 Å². The topological polar surface area (TPSA) is 364 Å². The van der Waals surface area contributed by atoms with Gasteiger partial charge in [0.1, 0.15) is 67.1 Å². The number of nitrogens with one attached hydrogen (secondary N) is 1. The Bertz CT molecular complexity index is 1190. The highest BCUT2D eigenvalue weighted by Gasteiger charge is 2.54. The summed E-state index contributed by atoms with van der Waals surface area (Å²) in [5.74, 6) is -1.87. The summed E-state index contributed by atoms with van der Waals surface area (Å²) < 4.78 is 100. The van der Waals surface area contributed by atoms with Crippen LogP contribution in [0.2, 0.25) is 0 Å². The van der Waals surface area contributed by atoms with Crippen LogP contribution < -0.4 is 4.72 Å². The molecule has 3 fully saturated rings. The minimum Gasteiger partial charge on any atom is -0.479 e. The molecule has 3 aliphatic rings. The Hall–Kier alpha value is -1.31. The summed E-state index contributed by atoms with van der Waals surface area (Å²) in [5, 5.41) is 80.9. The first-order valence-electron chi connectivity index (χ1n) is 12.4. The summed E-state index contributed by atoms with van der Waals surface area (Å²) in [6, 6.07) is -2.05. The predicted octanol–water partition coefficient (Wildman–Crippen LogP) is -7.60. The van der Waals surface area contributed by atoms with E-state index < -0.39 is 132 Å². The Morgan fingerprint density at radius 2 is 1.39 bits per heavy atom. The van der Waals surface area contributed by atoms with Gasteiger partial charge in [-0.05, 0) is 0 Å². The number of rotatable bonds is 12. The zero-order chi connectivity index (χ0) is 33.3. The van der Waals surface area contributed by atoms with Crippen LogP contribution >= 0.6 is 0 Å². The summed E-state index contributed by atoms with van der Waals surface area (Å²) >= 11 is 0. The van der Waals surface area contributed by atoms with E-state index in [4.69, 9.17) is 33.0 Å². The zero-order valence-electron chi connectivity index (χ0n) is 22.3. The molecular formula is C19H33NO22S2. The molecule has 3 rings (SSSR count). The molecule has 1 unspecified atom stereocenters. The highest BCUT2D eigenvalue weighted by atomic mass is 32.3. The minimum atomic E-state index is -5.17. The summed E-state index contributed by atoms with van der Waals surface area (Å²) in [7, 11) is -9.28. The van der Waals surface area contributed by atoms with Gasteiger partial charge in [0.05, 0.1) is 13.2 Å². The van der Waals surface area contributed by atoms with Crippen LogP contribution in [0, 0.1) is 0 Å². The molecule has 258 valence electrons. The van der Waals surface area contributed by atoms with Crippen molar-refractivity contribution in [3.63, 3.8) is 0 Å². The van der Waals surface area contributed by atoms with Gasteiger partial charge < -0.3 is 69.3 Å². The first kappa shape index (κ1) is 37.2. The molecule has 0 aromatic rings. The van der Waals surface area contributed by atoms with E-state index in [9.17, 15) is 67.0 Å². The van der Waals surface area contributed by atoms with Gasteiger partial charge in [-0.15, -0.1) is 0 Å². The first-order chi connectivity index (χ1) is 20.3. The summed E-state index contributed by atoms with van der Waals surface area (Å²) in [5.41, 5.74) is 0. The predicted molar refractivity (Wildman–Crippen MR) is 129 cm³/mol. The van der Waals surface area contributed by atoms with Crippen LogP contribution in [-0.4, -0.2) is 185 Å². The standard InChI is InChI=1S/C19H33NO22S2/c1-36-13-5(3-38-44(33,34)35)40-18(6(8(13)22)20-43(30,31)32)41-14-10(24)12(26)19(42-15(14)16(27)28)37-2-4-7(21)9(23)11(25)17(29)39-4/h4-15,17-26,29H,2-3H2,1H3,(H,27,28)(H,30,31,32)(H,33,34,35)/t4-,5-,6-,7-,8-,9+,10-,11-,12-,13-,14+,15+,17?,18-,19-/m1/s1. The van der Waals surface area contributed by atoms with Crippen molar-refractivity contribution in [2.24, 2.45) is 0 Å². The first-order valence-corrected chi connectivity index (χ1v) is 15.2. The number of carboxylic acids is 1. The van der Waals surface area contributed by atoms with Gasteiger partial charge in [0, 0.05) is 7.11 Å². The average Bonchev–Trinajstić information content (AvgIpc) is 2.91. The van der Waals surface area contributed by atoms with E-state index in [1.807, 2.05) is 0 Å². The van der Waals surface area contributed by atoms with Gasteiger partial charge in [0.2, 0.25) is 0 Å². The number of aliphatic hydroxyl groups is 7. The molecule has 3 saturated heterocycles. The smallest absolute Gasteiger partial charge is 0.397 e. The van der Waals surface area contributed by atoms with Crippen LogP contribution in [0.4, 0.5) is 0 Å². The number of aliphatic hydroxyl groups excluding tert-OH is 7. The summed E-state index contributed by atoms with van der Waals surface area (Å²) in [4.78, 5) is 12.0. The Morgan fingerprint density at radius 3 is 1.93 bits per heavy atom. The zero-order valence-corrected chi connectivity index (χ0v) is 23.9. The number of hydrogen-bond donors (Lipinski definition) is 11. The average molecular weight is 692 g/mol.